The average molecular weight is 559 g/mol. The van der Waals surface area contributed by atoms with Gasteiger partial charge in [0.2, 0.25) is 0 Å². The fourth-order valence-corrected chi connectivity index (χ4v) is 2.84. The molecule has 0 bridgehead atoms. The number of hydrogen-bond donors (Lipinski definition) is 0. The molecule has 0 aliphatic rings. The molecule has 8 nitrogen and oxygen atoms in total. The van der Waals surface area contributed by atoms with Crippen LogP contribution >= 0.6 is 0 Å². The highest BCUT2D eigenvalue weighted by molar-refractivity contribution is 5.93. The summed E-state index contributed by atoms with van der Waals surface area (Å²) in [6, 6.07) is 4.79. The van der Waals surface area contributed by atoms with Gasteiger partial charge in [0, 0.05) is 33.9 Å². The lowest BCUT2D eigenvalue weighted by Gasteiger charge is -2.20. The minimum Gasteiger partial charge on any atom is -0.423 e. The Balaban J connectivity index is 2.90. The highest BCUT2D eigenvalue weighted by Gasteiger charge is 2.39. The minimum atomic E-state index is -5.10. The van der Waals surface area contributed by atoms with E-state index in [-0.39, 0.29) is 33.6 Å². The molecular weight excluding hydrogens is 533 g/mol. The van der Waals surface area contributed by atoms with Gasteiger partial charge in [-0.15, -0.1) is 0 Å². The second-order valence-corrected chi connectivity index (χ2v) is 8.68. The fourth-order valence-electron chi connectivity index (χ4n) is 2.84. The predicted molar refractivity (Wildman–Crippen MR) is 139 cm³/mol. The van der Waals surface area contributed by atoms with E-state index in [1.165, 1.54) is 27.7 Å². The second kappa shape index (κ2) is 12.3. The van der Waals surface area contributed by atoms with E-state index in [4.69, 9.17) is 18.9 Å². The van der Waals surface area contributed by atoms with E-state index in [1.54, 1.807) is 0 Å². The summed E-state index contributed by atoms with van der Waals surface area (Å²) in [5.74, 6) is -6.12. The van der Waals surface area contributed by atoms with Gasteiger partial charge in [-0.25, -0.2) is 19.2 Å². The molecular formula is C29H25F3O8. The number of halogens is 3. The largest absolute Gasteiger partial charge is 0.423 e. The number of alkyl halides is 3. The number of ether oxygens (including phenoxy) is 4. The Morgan fingerprint density at radius 2 is 1.02 bits per heavy atom. The lowest BCUT2D eigenvalue weighted by molar-refractivity contribution is -0.140. The summed E-state index contributed by atoms with van der Waals surface area (Å²) in [6.45, 7) is 18.9. The zero-order valence-corrected chi connectivity index (χ0v) is 22.1. The lowest BCUT2D eigenvalue weighted by Crippen LogP contribution is -2.16. The number of esters is 4. The summed E-state index contributed by atoms with van der Waals surface area (Å²) < 4.78 is 63.7. The first-order chi connectivity index (χ1) is 18.4. The number of hydrogen-bond acceptors (Lipinski definition) is 8. The van der Waals surface area contributed by atoms with E-state index in [1.807, 2.05) is 0 Å². The first-order valence-corrected chi connectivity index (χ1v) is 11.3. The van der Waals surface area contributed by atoms with Crippen LogP contribution in [0.15, 0.2) is 78.9 Å². The maximum Gasteiger partial charge on any atom is 0.420 e. The predicted octanol–water partition coefficient (Wildman–Crippen LogP) is 6.30. The van der Waals surface area contributed by atoms with E-state index >= 15 is 0 Å². The topological polar surface area (TPSA) is 105 Å². The molecule has 0 N–H and O–H groups in total. The van der Waals surface area contributed by atoms with Gasteiger partial charge in [0.15, 0.2) is 11.5 Å². The van der Waals surface area contributed by atoms with Crippen molar-refractivity contribution in [1.82, 2.24) is 0 Å². The molecule has 2 aromatic carbocycles. The first-order valence-electron chi connectivity index (χ1n) is 11.3. The molecule has 0 saturated carbocycles. The van der Waals surface area contributed by atoms with Crippen LogP contribution in [0.3, 0.4) is 0 Å². The summed E-state index contributed by atoms with van der Waals surface area (Å²) in [5, 5.41) is 0. The van der Waals surface area contributed by atoms with Crippen molar-refractivity contribution >= 4 is 23.9 Å². The molecule has 0 fully saturated rings. The Hall–Kier alpha value is -4.93. The van der Waals surface area contributed by atoms with Crippen molar-refractivity contribution in [3.05, 3.63) is 84.5 Å². The molecule has 0 aliphatic heterocycles. The van der Waals surface area contributed by atoms with Crippen molar-refractivity contribution in [2.75, 3.05) is 0 Å². The Bertz CT molecular complexity index is 1460. The summed E-state index contributed by atoms with van der Waals surface area (Å²) in [5.41, 5.74) is -2.60. The molecule has 2 aromatic rings. The SMILES string of the molecule is C=C(C)C(=O)Oc1cc(OC(=O)C(=C)C)c(C(F)(F)F)c(-c2ccc(OC(=O)C(=C)C)c(OC(=O)C(=C)C)c2)c1. The van der Waals surface area contributed by atoms with Gasteiger partial charge in [-0.05, 0) is 51.5 Å². The number of carbonyl (C=O) groups excluding carboxylic acids is 4. The van der Waals surface area contributed by atoms with Crippen molar-refractivity contribution in [2.45, 2.75) is 33.9 Å². The van der Waals surface area contributed by atoms with Crippen molar-refractivity contribution in [3.8, 4) is 34.1 Å². The third kappa shape index (κ3) is 7.79. The Morgan fingerprint density at radius 1 is 0.600 bits per heavy atom. The molecule has 0 saturated heterocycles. The van der Waals surface area contributed by atoms with Crippen LogP contribution in [0.25, 0.3) is 11.1 Å². The van der Waals surface area contributed by atoms with Crippen LogP contribution in [0.1, 0.15) is 33.3 Å². The van der Waals surface area contributed by atoms with E-state index in [0.717, 1.165) is 30.3 Å². The third-order valence-electron chi connectivity index (χ3n) is 4.83. The first kappa shape index (κ1) is 31.3. The van der Waals surface area contributed by atoms with Gasteiger partial charge in [0.05, 0.1) is 0 Å². The summed E-state index contributed by atoms with van der Waals surface area (Å²) in [7, 11) is 0. The Morgan fingerprint density at radius 3 is 1.48 bits per heavy atom. The van der Waals surface area contributed by atoms with Crippen LogP contribution in [-0.4, -0.2) is 23.9 Å². The summed E-state index contributed by atoms with van der Waals surface area (Å²) >= 11 is 0. The number of benzene rings is 2. The van der Waals surface area contributed by atoms with Crippen molar-refractivity contribution in [3.63, 3.8) is 0 Å². The standard InChI is InChI=1S/C29H25F3O8/c1-14(2)25(33)37-19-12-20(24(29(30,31)32)23(13-19)40-28(36)17(7)8)18-9-10-21(38-26(34)15(3)4)22(11-18)39-27(35)16(5)6/h9-13H,1,3,5,7H2,2,4,6,8H3. The maximum atomic E-state index is 14.4. The van der Waals surface area contributed by atoms with Crippen molar-refractivity contribution in [1.29, 1.82) is 0 Å². The molecule has 0 unspecified atom stereocenters. The van der Waals surface area contributed by atoms with Gasteiger partial charge in [0.25, 0.3) is 0 Å². The Kier molecular flexibility index (Phi) is 9.61. The molecule has 0 heterocycles. The van der Waals surface area contributed by atoms with Crippen LogP contribution in [0, 0.1) is 0 Å². The van der Waals surface area contributed by atoms with E-state index in [9.17, 15) is 32.3 Å². The summed E-state index contributed by atoms with van der Waals surface area (Å²) in [4.78, 5) is 48.7. The van der Waals surface area contributed by atoms with Crippen molar-refractivity contribution < 1.29 is 51.3 Å². The van der Waals surface area contributed by atoms with Crippen LogP contribution < -0.4 is 18.9 Å². The number of carbonyl (C=O) groups is 4. The number of rotatable bonds is 9. The third-order valence-corrected chi connectivity index (χ3v) is 4.83. The van der Waals surface area contributed by atoms with Gasteiger partial charge < -0.3 is 18.9 Å². The molecule has 0 aromatic heterocycles. The second-order valence-electron chi connectivity index (χ2n) is 8.68. The van der Waals surface area contributed by atoms with E-state index in [0.29, 0.717) is 0 Å². The molecule has 0 radical (unpaired) electrons. The average Bonchev–Trinajstić information content (AvgIpc) is 2.83. The zero-order valence-electron chi connectivity index (χ0n) is 22.1. The highest BCUT2D eigenvalue weighted by Crippen LogP contribution is 2.47. The van der Waals surface area contributed by atoms with Crippen molar-refractivity contribution in [2.24, 2.45) is 0 Å². The molecule has 0 atom stereocenters. The van der Waals surface area contributed by atoms with Crippen LogP contribution in [0.2, 0.25) is 0 Å². The maximum absolute atomic E-state index is 14.4. The molecule has 2 rings (SSSR count). The molecule has 0 aliphatic carbocycles. The van der Waals surface area contributed by atoms with Gasteiger partial charge >= 0.3 is 30.1 Å². The van der Waals surface area contributed by atoms with Gasteiger partial charge in [-0.3, -0.25) is 0 Å². The van der Waals surface area contributed by atoms with Gasteiger partial charge in [-0.2, -0.15) is 13.2 Å². The van der Waals surface area contributed by atoms with Gasteiger partial charge in [-0.1, -0.05) is 32.4 Å². The monoisotopic (exact) mass is 558 g/mol. The lowest BCUT2D eigenvalue weighted by atomic mass is 9.97. The zero-order chi connectivity index (χ0) is 30.5. The highest BCUT2D eigenvalue weighted by atomic mass is 19.4. The molecule has 0 spiro atoms. The van der Waals surface area contributed by atoms with Crippen LogP contribution in [-0.2, 0) is 25.4 Å². The van der Waals surface area contributed by atoms with Crippen LogP contribution in [0.5, 0.6) is 23.0 Å². The molecule has 0 amide bonds. The van der Waals surface area contributed by atoms with Gasteiger partial charge in [0.1, 0.15) is 17.1 Å². The smallest absolute Gasteiger partial charge is 0.420 e. The minimum absolute atomic E-state index is 0.00314. The van der Waals surface area contributed by atoms with E-state index in [2.05, 4.69) is 26.3 Å². The summed E-state index contributed by atoms with van der Waals surface area (Å²) in [6.07, 6.45) is -5.10. The fraction of sp³-hybridized carbons (Fsp3) is 0.172. The Labute approximate surface area is 228 Å². The molecule has 40 heavy (non-hydrogen) atoms. The quantitative estimate of drug-likeness (QED) is 0.201. The van der Waals surface area contributed by atoms with Crippen LogP contribution in [0.4, 0.5) is 13.2 Å². The molecule has 210 valence electrons. The van der Waals surface area contributed by atoms with E-state index < -0.39 is 58.4 Å². The molecule has 11 heteroatoms. The normalized spacial score (nSPS) is 10.7.